The number of ketones is 1. The lowest BCUT2D eigenvalue weighted by Gasteiger charge is -2.26. The molecular weight excluding hydrogens is 450 g/mol. The second kappa shape index (κ2) is 8.46. The summed E-state index contributed by atoms with van der Waals surface area (Å²) in [4.78, 5) is 36.6. The van der Waals surface area contributed by atoms with Crippen molar-refractivity contribution < 1.29 is 19.4 Å². The van der Waals surface area contributed by atoms with Crippen molar-refractivity contribution >= 4 is 33.9 Å². The van der Waals surface area contributed by atoms with E-state index in [0.717, 1.165) is 27.0 Å². The van der Waals surface area contributed by atoms with Crippen LogP contribution in [-0.4, -0.2) is 38.8 Å². The molecule has 1 unspecified atom stereocenters. The molecule has 1 atom stereocenters. The largest absolute Gasteiger partial charge is 0.503 e. The highest BCUT2D eigenvalue weighted by atomic mass is 32.1. The van der Waals surface area contributed by atoms with E-state index in [1.807, 2.05) is 55.5 Å². The van der Waals surface area contributed by atoms with Crippen molar-refractivity contribution in [1.29, 1.82) is 0 Å². The molecule has 4 aromatic rings. The van der Waals surface area contributed by atoms with Crippen molar-refractivity contribution in [2.24, 2.45) is 0 Å². The Kier molecular flexibility index (Phi) is 5.45. The van der Waals surface area contributed by atoms with E-state index in [-0.39, 0.29) is 17.9 Å². The van der Waals surface area contributed by atoms with Crippen LogP contribution in [0, 0.1) is 13.8 Å². The quantitative estimate of drug-likeness (QED) is 0.383. The monoisotopic (exact) mass is 473 g/mol. The smallest absolute Gasteiger partial charge is 0.290 e. The molecule has 1 aliphatic heterocycles. The van der Waals surface area contributed by atoms with Crippen LogP contribution < -0.4 is 4.74 Å². The molecule has 8 heteroatoms. The summed E-state index contributed by atoms with van der Waals surface area (Å²) in [6, 6.07) is 14.3. The zero-order valence-corrected chi connectivity index (χ0v) is 19.8. The van der Waals surface area contributed by atoms with Gasteiger partial charge in [-0.2, -0.15) is 0 Å². The van der Waals surface area contributed by atoms with Gasteiger partial charge in [0.25, 0.3) is 5.91 Å². The number of thiazole rings is 1. The molecule has 3 heterocycles. The lowest BCUT2D eigenvalue weighted by molar-refractivity contribution is -0.130. The number of Topliss-reactive ketones (excluding diaryl/α,β-unsaturated/α-hetero) is 1. The number of aryl methyl sites for hydroxylation is 2. The Bertz CT molecular complexity index is 1450. The van der Waals surface area contributed by atoms with Crippen LogP contribution >= 0.6 is 11.3 Å². The maximum Gasteiger partial charge on any atom is 0.290 e. The molecule has 7 nitrogen and oxygen atoms in total. The number of amides is 1. The van der Waals surface area contributed by atoms with Crippen molar-refractivity contribution in [2.45, 2.75) is 26.4 Å². The Morgan fingerprint density at radius 2 is 1.91 bits per heavy atom. The second-order valence-corrected chi connectivity index (χ2v) is 9.42. The summed E-state index contributed by atoms with van der Waals surface area (Å²) in [5.41, 5.74) is 3.16. The Labute approximate surface area is 200 Å². The fourth-order valence-corrected chi connectivity index (χ4v) is 5.36. The number of aromatic amines is 1. The van der Waals surface area contributed by atoms with E-state index in [1.54, 1.807) is 25.1 Å². The molecule has 0 bridgehead atoms. The Balaban J connectivity index is 1.63. The Morgan fingerprint density at radius 3 is 2.59 bits per heavy atom. The number of methoxy groups -OCH3 is 1. The fraction of sp³-hybridized carbons (Fsp3) is 0.192. The van der Waals surface area contributed by atoms with Crippen LogP contribution in [0.5, 0.6) is 5.75 Å². The molecule has 2 aromatic carbocycles. The van der Waals surface area contributed by atoms with E-state index >= 15 is 0 Å². The van der Waals surface area contributed by atoms with Gasteiger partial charge < -0.3 is 19.7 Å². The number of hydrogen-bond acceptors (Lipinski definition) is 6. The normalized spacial score (nSPS) is 16.0. The predicted octanol–water partition coefficient (Wildman–Crippen LogP) is 5.03. The van der Waals surface area contributed by atoms with Crippen LogP contribution in [0.25, 0.3) is 10.9 Å². The zero-order chi connectivity index (χ0) is 24.0. The first-order valence-corrected chi connectivity index (χ1v) is 11.6. The van der Waals surface area contributed by atoms with Gasteiger partial charge in [-0.05, 0) is 37.6 Å². The fourth-order valence-electron chi connectivity index (χ4n) is 4.48. The Morgan fingerprint density at radius 1 is 1.18 bits per heavy atom. The van der Waals surface area contributed by atoms with Crippen LogP contribution in [0.4, 0.5) is 0 Å². The summed E-state index contributed by atoms with van der Waals surface area (Å²) in [6.07, 6.45) is 1.81. The van der Waals surface area contributed by atoms with E-state index in [0.29, 0.717) is 16.3 Å². The second-order valence-electron chi connectivity index (χ2n) is 8.21. The molecule has 0 spiro atoms. The number of H-pyrrole nitrogens is 1. The number of carbonyl (C=O) groups is 2. The van der Waals surface area contributed by atoms with Crippen molar-refractivity contribution in [3.05, 3.63) is 92.8 Å². The van der Waals surface area contributed by atoms with E-state index in [2.05, 4.69) is 9.97 Å². The maximum atomic E-state index is 13.7. The molecule has 0 saturated carbocycles. The van der Waals surface area contributed by atoms with Crippen molar-refractivity contribution in [2.75, 3.05) is 7.11 Å². The van der Waals surface area contributed by atoms with Gasteiger partial charge in [0.1, 0.15) is 5.75 Å². The maximum absolute atomic E-state index is 13.7. The van der Waals surface area contributed by atoms with Crippen LogP contribution in [0.15, 0.2) is 66.1 Å². The molecule has 0 radical (unpaired) electrons. The molecule has 1 aliphatic rings. The third-order valence-corrected chi connectivity index (χ3v) is 7.16. The number of aliphatic hydroxyl groups is 1. The van der Waals surface area contributed by atoms with Gasteiger partial charge in [0.2, 0.25) is 5.78 Å². The molecule has 0 saturated heterocycles. The molecule has 2 N–H and O–H groups in total. The molecule has 172 valence electrons. The van der Waals surface area contributed by atoms with Crippen molar-refractivity contribution in [3.8, 4) is 5.75 Å². The van der Waals surface area contributed by atoms with Gasteiger partial charge in [0.05, 0.1) is 34.3 Å². The highest BCUT2D eigenvalue weighted by Crippen LogP contribution is 2.43. The highest BCUT2D eigenvalue weighted by molar-refractivity contribution is 7.14. The molecule has 1 amide bonds. The SMILES string of the molecule is COc1ccc(CN2C(=O)C(O)=C(C(=O)c3sc(C)nc3C)C2c2c[nH]c3ccccc23)cc1. The summed E-state index contributed by atoms with van der Waals surface area (Å²) >= 11 is 1.27. The van der Waals surface area contributed by atoms with Gasteiger partial charge in [0, 0.05) is 29.2 Å². The molecule has 34 heavy (non-hydrogen) atoms. The number of nitrogens with zero attached hydrogens (tertiary/aromatic N) is 2. The van der Waals surface area contributed by atoms with Gasteiger partial charge in [0.15, 0.2) is 5.76 Å². The van der Waals surface area contributed by atoms with Gasteiger partial charge in [-0.15, -0.1) is 11.3 Å². The van der Waals surface area contributed by atoms with Crippen LogP contribution in [0.2, 0.25) is 0 Å². The zero-order valence-electron chi connectivity index (χ0n) is 19.0. The standard InChI is InChI=1S/C26H23N3O4S/c1-14-25(34-15(2)28-14)23(30)21-22(19-12-27-20-7-5-4-6-18(19)20)29(26(32)24(21)31)13-16-8-10-17(33-3)11-9-16/h4-12,22,27,31H,13H2,1-3H3. The summed E-state index contributed by atoms with van der Waals surface area (Å²) in [6.45, 7) is 3.81. The molecular formula is C26H23N3O4S. The molecule has 0 aliphatic carbocycles. The number of fused-ring (bicyclic) bond motifs is 1. The average molecular weight is 474 g/mol. The number of ether oxygens (including phenoxy) is 1. The number of aliphatic hydroxyl groups excluding tert-OH is 1. The third-order valence-electron chi connectivity index (χ3n) is 6.09. The number of aromatic nitrogens is 2. The van der Waals surface area contributed by atoms with Gasteiger partial charge >= 0.3 is 0 Å². The number of carbonyl (C=O) groups excluding carboxylic acids is 2. The first-order valence-electron chi connectivity index (χ1n) is 10.8. The lowest BCUT2D eigenvalue weighted by atomic mass is 9.94. The molecule has 5 rings (SSSR count). The minimum atomic E-state index is -0.750. The number of hydrogen-bond donors (Lipinski definition) is 2. The minimum Gasteiger partial charge on any atom is -0.503 e. The first kappa shape index (κ1) is 21.9. The predicted molar refractivity (Wildman–Crippen MR) is 130 cm³/mol. The molecule has 2 aromatic heterocycles. The van der Waals surface area contributed by atoms with Crippen LogP contribution in [0.1, 0.15) is 37.5 Å². The van der Waals surface area contributed by atoms with Crippen LogP contribution in [-0.2, 0) is 11.3 Å². The summed E-state index contributed by atoms with van der Waals surface area (Å²) in [7, 11) is 1.59. The topological polar surface area (TPSA) is 95.5 Å². The van der Waals surface area contributed by atoms with Gasteiger partial charge in [-0.3, -0.25) is 9.59 Å². The summed E-state index contributed by atoms with van der Waals surface area (Å²) in [5, 5.41) is 12.6. The molecule has 0 fully saturated rings. The van der Waals surface area contributed by atoms with E-state index in [9.17, 15) is 14.7 Å². The summed E-state index contributed by atoms with van der Waals surface area (Å²) in [5.74, 6) is -0.758. The third kappa shape index (κ3) is 3.56. The number of para-hydroxylation sites is 1. The number of benzene rings is 2. The Hall–Kier alpha value is -3.91. The summed E-state index contributed by atoms with van der Waals surface area (Å²) < 4.78 is 5.23. The number of rotatable bonds is 6. The van der Waals surface area contributed by atoms with E-state index in [1.165, 1.54) is 11.3 Å². The van der Waals surface area contributed by atoms with E-state index in [4.69, 9.17) is 4.74 Å². The highest BCUT2D eigenvalue weighted by Gasteiger charge is 2.45. The van der Waals surface area contributed by atoms with Gasteiger partial charge in [-0.1, -0.05) is 30.3 Å². The van der Waals surface area contributed by atoms with Crippen molar-refractivity contribution in [3.63, 3.8) is 0 Å². The first-order chi connectivity index (χ1) is 16.4. The number of nitrogens with one attached hydrogen (secondary N) is 1. The van der Waals surface area contributed by atoms with E-state index < -0.39 is 17.7 Å². The average Bonchev–Trinajstić information content (AvgIpc) is 3.48. The van der Waals surface area contributed by atoms with Crippen molar-refractivity contribution in [1.82, 2.24) is 14.9 Å². The van der Waals surface area contributed by atoms with Gasteiger partial charge in [-0.25, -0.2) is 4.98 Å². The lowest BCUT2D eigenvalue weighted by Crippen LogP contribution is -2.30. The van der Waals surface area contributed by atoms with Crippen LogP contribution in [0.3, 0.4) is 0 Å². The minimum absolute atomic E-state index is 0.0787.